The van der Waals surface area contributed by atoms with Gasteiger partial charge in [0, 0.05) is 17.8 Å². The Morgan fingerprint density at radius 2 is 1.85 bits per heavy atom. The minimum absolute atomic E-state index is 0.343. The molecule has 0 saturated heterocycles. The van der Waals surface area contributed by atoms with Gasteiger partial charge in [-0.05, 0) is 30.3 Å². The number of ether oxygens (including phenoxy) is 1. The molecule has 2 aromatic carbocycles. The molecule has 2 amide bonds. The van der Waals surface area contributed by atoms with Crippen molar-refractivity contribution < 1.29 is 13.9 Å². The fourth-order valence-corrected chi connectivity index (χ4v) is 1.73. The highest BCUT2D eigenvalue weighted by Crippen LogP contribution is 2.16. The normalized spacial score (nSPS) is 9.90. The van der Waals surface area contributed by atoms with E-state index in [2.05, 4.69) is 10.6 Å². The maximum absolute atomic E-state index is 12.7. The molecule has 0 fully saturated rings. The zero-order chi connectivity index (χ0) is 14.4. The summed E-state index contributed by atoms with van der Waals surface area (Å²) < 4.78 is 17.9. The van der Waals surface area contributed by atoms with Gasteiger partial charge in [0.15, 0.2) is 0 Å². The molecule has 0 bridgehead atoms. The SMILES string of the molecule is COc1ccccc1CNC(=O)Nc1ccc(F)cc1. The lowest BCUT2D eigenvalue weighted by Crippen LogP contribution is -2.28. The number of para-hydroxylation sites is 1. The van der Waals surface area contributed by atoms with Crippen LogP contribution in [-0.2, 0) is 6.54 Å². The van der Waals surface area contributed by atoms with Crippen molar-refractivity contribution in [2.24, 2.45) is 0 Å². The Balaban J connectivity index is 1.90. The molecule has 0 radical (unpaired) electrons. The lowest BCUT2D eigenvalue weighted by Gasteiger charge is -2.10. The van der Waals surface area contributed by atoms with E-state index < -0.39 is 0 Å². The van der Waals surface area contributed by atoms with Crippen LogP contribution in [0.3, 0.4) is 0 Å². The second kappa shape index (κ2) is 6.56. The monoisotopic (exact) mass is 274 g/mol. The number of halogens is 1. The van der Waals surface area contributed by atoms with E-state index in [1.165, 1.54) is 24.3 Å². The van der Waals surface area contributed by atoms with Crippen LogP contribution in [0.4, 0.5) is 14.9 Å². The molecule has 0 aliphatic heterocycles. The number of hydrogen-bond acceptors (Lipinski definition) is 2. The van der Waals surface area contributed by atoms with Gasteiger partial charge in [-0.3, -0.25) is 0 Å². The van der Waals surface area contributed by atoms with Crippen LogP contribution in [-0.4, -0.2) is 13.1 Å². The number of urea groups is 1. The number of nitrogens with one attached hydrogen (secondary N) is 2. The summed E-state index contributed by atoms with van der Waals surface area (Å²) in [5.41, 5.74) is 1.41. The molecule has 0 unspecified atom stereocenters. The van der Waals surface area contributed by atoms with E-state index in [0.717, 1.165) is 11.3 Å². The summed E-state index contributed by atoms with van der Waals surface area (Å²) in [6, 6.07) is 12.6. The van der Waals surface area contributed by atoms with Crippen LogP contribution >= 0.6 is 0 Å². The highest BCUT2D eigenvalue weighted by molar-refractivity contribution is 5.89. The van der Waals surface area contributed by atoms with Crippen LogP contribution < -0.4 is 15.4 Å². The summed E-state index contributed by atoms with van der Waals surface area (Å²) >= 11 is 0. The van der Waals surface area contributed by atoms with Gasteiger partial charge in [-0.25, -0.2) is 9.18 Å². The number of amides is 2. The molecule has 2 rings (SSSR count). The van der Waals surface area contributed by atoms with Gasteiger partial charge in [-0.2, -0.15) is 0 Å². The molecular weight excluding hydrogens is 259 g/mol. The van der Waals surface area contributed by atoms with E-state index in [-0.39, 0.29) is 11.8 Å². The molecule has 5 heteroatoms. The Kier molecular flexibility index (Phi) is 4.55. The average molecular weight is 274 g/mol. The van der Waals surface area contributed by atoms with Crippen molar-refractivity contribution in [3.05, 3.63) is 59.9 Å². The molecule has 0 atom stereocenters. The van der Waals surface area contributed by atoms with Crippen molar-refractivity contribution >= 4 is 11.7 Å². The van der Waals surface area contributed by atoms with Crippen LogP contribution in [0, 0.1) is 5.82 Å². The number of hydrogen-bond donors (Lipinski definition) is 2. The Morgan fingerprint density at radius 3 is 2.55 bits per heavy atom. The first-order valence-electron chi connectivity index (χ1n) is 6.11. The van der Waals surface area contributed by atoms with Gasteiger partial charge >= 0.3 is 6.03 Å². The second-order valence-corrected chi connectivity index (χ2v) is 4.13. The van der Waals surface area contributed by atoms with Gasteiger partial charge in [0.1, 0.15) is 11.6 Å². The lowest BCUT2D eigenvalue weighted by atomic mass is 10.2. The van der Waals surface area contributed by atoms with Crippen molar-refractivity contribution in [2.75, 3.05) is 12.4 Å². The summed E-state index contributed by atoms with van der Waals surface area (Å²) in [5.74, 6) is 0.375. The lowest BCUT2D eigenvalue weighted by molar-refractivity contribution is 0.251. The first-order valence-corrected chi connectivity index (χ1v) is 6.11. The van der Waals surface area contributed by atoms with Gasteiger partial charge < -0.3 is 15.4 Å². The maximum atomic E-state index is 12.7. The number of rotatable bonds is 4. The molecule has 4 nitrogen and oxygen atoms in total. The third-order valence-electron chi connectivity index (χ3n) is 2.73. The molecular formula is C15H15FN2O2. The summed E-state index contributed by atoms with van der Waals surface area (Å²) in [7, 11) is 1.58. The Morgan fingerprint density at radius 1 is 1.15 bits per heavy atom. The van der Waals surface area contributed by atoms with E-state index in [1.54, 1.807) is 7.11 Å². The fraction of sp³-hybridized carbons (Fsp3) is 0.133. The Hall–Kier alpha value is -2.56. The number of methoxy groups -OCH3 is 1. The quantitative estimate of drug-likeness (QED) is 0.899. The zero-order valence-electron chi connectivity index (χ0n) is 11.0. The summed E-state index contributed by atoms with van der Waals surface area (Å²) in [6.07, 6.45) is 0. The van der Waals surface area contributed by atoms with Gasteiger partial charge in [-0.15, -0.1) is 0 Å². The first kappa shape index (κ1) is 13.9. The summed E-state index contributed by atoms with van der Waals surface area (Å²) in [4.78, 5) is 11.7. The van der Waals surface area contributed by atoms with Gasteiger partial charge in [0.25, 0.3) is 0 Å². The maximum Gasteiger partial charge on any atom is 0.319 e. The highest BCUT2D eigenvalue weighted by Gasteiger charge is 2.05. The zero-order valence-corrected chi connectivity index (χ0v) is 11.0. The van der Waals surface area contributed by atoms with Gasteiger partial charge in [-0.1, -0.05) is 18.2 Å². The average Bonchev–Trinajstić information content (AvgIpc) is 2.48. The number of anilines is 1. The van der Waals surface area contributed by atoms with Crippen molar-refractivity contribution in [3.63, 3.8) is 0 Å². The number of carbonyl (C=O) groups excluding carboxylic acids is 1. The molecule has 104 valence electrons. The minimum Gasteiger partial charge on any atom is -0.496 e. The van der Waals surface area contributed by atoms with E-state index in [0.29, 0.717) is 12.2 Å². The van der Waals surface area contributed by atoms with Crippen LogP contribution in [0.2, 0.25) is 0 Å². The van der Waals surface area contributed by atoms with Crippen LogP contribution in [0.15, 0.2) is 48.5 Å². The third-order valence-corrected chi connectivity index (χ3v) is 2.73. The highest BCUT2D eigenvalue weighted by atomic mass is 19.1. The molecule has 0 aliphatic carbocycles. The van der Waals surface area contributed by atoms with Crippen LogP contribution in [0.5, 0.6) is 5.75 Å². The molecule has 0 aliphatic rings. The van der Waals surface area contributed by atoms with Crippen molar-refractivity contribution in [1.82, 2.24) is 5.32 Å². The molecule has 20 heavy (non-hydrogen) atoms. The molecule has 2 aromatic rings. The summed E-state index contributed by atoms with van der Waals surface area (Å²) in [6.45, 7) is 0.344. The largest absolute Gasteiger partial charge is 0.496 e. The van der Waals surface area contributed by atoms with Crippen molar-refractivity contribution in [3.8, 4) is 5.75 Å². The summed E-state index contributed by atoms with van der Waals surface area (Å²) in [5, 5.41) is 5.33. The first-order chi connectivity index (χ1) is 9.69. The Labute approximate surface area is 116 Å². The van der Waals surface area contributed by atoms with Crippen LogP contribution in [0.25, 0.3) is 0 Å². The van der Waals surface area contributed by atoms with Crippen LogP contribution in [0.1, 0.15) is 5.56 Å². The standard InChI is InChI=1S/C15H15FN2O2/c1-20-14-5-3-2-4-11(14)10-17-15(19)18-13-8-6-12(16)7-9-13/h2-9H,10H2,1H3,(H2,17,18,19). The van der Waals surface area contributed by atoms with Crippen molar-refractivity contribution in [2.45, 2.75) is 6.54 Å². The predicted molar refractivity (Wildman–Crippen MR) is 75.3 cm³/mol. The van der Waals surface area contributed by atoms with E-state index in [4.69, 9.17) is 4.74 Å². The van der Waals surface area contributed by atoms with E-state index >= 15 is 0 Å². The molecule has 0 heterocycles. The number of benzene rings is 2. The van der Waals surface area contributed by atoms with E-state index in [9.17, 15) is 9.18 Å². The predicted octanol–water partition coefficient (Wildman–Crippen LogP) is 3.16. The minimum atomic E-state index is -0.359. The molecule has 2 N–H and O–H groups in total. The Bertz CT molecular complexity index is 585. The van der Waals surface area contributed by atoms with Gasteiger partial charge in [0.05, 0.1) is 7.11 Å². The fourth-order valence-electron chi connectivity index (χ4n) is 1.73. The molecule has 0 saturated carbocycles. The second-order valence-electron chi connectivity index (χ2n) is 4.13. The number of carbonyl (C=O) groups is 1. The van der Waals surface area contributed by atoms with Crippen molar-refractivity contribution in [1.29, 1.82) is 0 Å². The molecule has 0 spiro atoms. The van der Waals surface area contributed by atoms with E-state index in [1.807, 2.05) is 24.3 Å². The smallest absolute Gasteiger partial charge is 0.319 e. The van der Waals surface area contributed by atoms with Gasteiger partial charge in [0.2, 0.25) is 0 Å². The topological polar surface area (TPSA) is 50.4 Å². The third kappa shape index (κ3) is 3.71. The molecule has 0 aromatic heterocycles.